The third-order valence-electron chi connectivity index (χ3n) is 11.1. The van der Waals surface area contributed by atoms with Crippen molar-refractivity contribution in [1.29, 1.82) is 0 Å². The maximum atomic E-state index is 12.3. The van der Waals surface area contributed by atoms with Crippen LogP contribution in [0.1, 0.15) is 85.0 Å². The van der Waals surface area contributed by atoms with Crippen molar-refractivity contribution in [1.82, 2.24) is 5.32 Å². The average molecular weight is 515 g/mol. The molecule has 0 spiro atoms. The predicted octanol–water partition coefficient (Wildman–Crippen LogP) is 2.17. The van der Waals surface area contributed by atoms with Gasteiger partial charge in [0.25, 0.3) is 0 Å². The van der Waals surface area contributed by atoms with Crippen molar-refractivity contribution in [2.45, 2.75) is 103 Å². The maximum absolute atomic E-state index is 12.3. The maximum Gasteiger partial charge on any atom is 0.220 e. The number of aliphatic hydroxyl groups is 3. The molecule has 202 valence electrons. The van der Waals surface area contributed by atoms with E-state index >= 15 is 0 Å². The van der Waals surface area contributed by atoms with Gasteiger partial charge in [0.15, 0.2) is 0 Å². The summed E-state index contributed by atoms with van der Waals surface area (Å²) in [7, 11) is -4.35. The molecule has 1 amide bonds. The summed E-state index contributed by atoms with van der Waals surface area (Å²) < 4.78 is 32.2. The second-order valence-electron chi connectivity index (χ2n) is 12.7. The van der Waals surface area contributed by atoms with Crippen LogP contribution in [0.2, 0.25) is 0 Å². The Morgan fingerprint density at radius 3 is 2.49 bits per heavy atom. The van der Waals surface area contributed by atoms with E-state index in [1.807, 2.05) is 0 Å². The van der Waals surface area contributed by atoms with E-state index in [0.717, 1.165) is 44.9 Å². The van der Waals surface area contributed by atoms with E-state index in [-0.39, 0.29) is 54.1 Å². The van der Waals surface area contributed by atoms with Crippen molar-refractivity contribution in [2.75, 3.05) is 12.3 Å². The minimum Gasteiger partial charge on any atom is -0.748 e. The lowest BCUT2D eigenvalue weighted by Gasteiger charge is -2.65. The standard InChI is InChI=1S/C26H45NO7S/c1-16(4-7-23(30)27-12-13-35(32,33)34)19-5-6-20-25(19,3)22(29)15-21-24(2)10-9-18(28)14-17(24)8-11-26(20,21)31/h16-22,28-29,31H,4-15H2,1-3H3,(H,27,30)(H,32,33,34)/p-1/t16?,17?,18-,19?,20?,21?,22+,24+,25-,26+/m1/s1. The number of hydrogen-bond acceptors (Lipinski definition) is 7. The molecule has 4 aliphatic carbocycles. The van der Waals surface area contributed by atoms with E-state index in [9.17, 15) is 33.1 Å². The largest absolute Gasteiger partial charge is 0.748 e. The van der Waals surface area contributed by atoms with Gasteiger partial charge in [-0.2, -0.15) is 0 Å². The fourth-order valence-electron chi connectivity index (χ4n) is 9.18. The lowest BCUT2D eigenvalue weighted by Crippen LogP contribution is -2.67. The van der Waals surface area contributed by atoms with Gasteiger partial charge in [0.1, 0.15) is 0 Å². The quantitative estimate of drug-likeness (QED) is 0.381. The number of amides is 1. The molecule has 0 radical (unpaired) electrons. The second-order valence-corrected chi connectivity index (χ2v) is 14.2. The molecule has 4 N–H and O–H groups in total. The highest BCUT2D eigenvalue weighted by Gasteiger charge is 2.69. The molecule has 0 aromatic heterocycles. The number of fused-ring (bicyclic) bond motifs is 5. The van der Waals surface area contributed by atoms with Gasteiger partial charge in [0, 0.05) is 18.4 Å². The normalized spacial score (nSPS) is 46.3. The van der Waals surface area contributed by atoms with Gasteiger partial charge < -0.3 is 25.2 Å². The molecular weight excluding hydrogens is 470 g/mol. The Hall–Kier alpha value is -0.740. The Kier molecular flexibility index (Phi) is 7.43. The number of carbonyl (C=O) groups excluding carboxylic acids is 1. The van der Waals surface area contributed by atoms with Crippen LogP contribution in [0, 0.1) is 40.4 Å². The van der Waals surface area contributed by atoms with Crippen molar-refractivity contribution in [2.24, 2.45) is 40.4 Å². The highest BCUT2D eigenvalue weighted by Crippen LogP contribution is 2.69. The van der Waals surface area contributed by atoms with E-state index < -0.39 is 33.0 Å². The number of hydrogen-bond donors (Lipinski definition) is 4. The highest BCUT2D eigenvalue weighted by atomic mass is 32.2. The number of rotatable bonds is 7. The SMILES string of the molecule is CC(CCC(=O)NCCS(=O)(=O)[O-])C1CCC2[C@@]3(O)CCC4C[C@H](O)CC[C@]4(C)C3C[C@H](O)[C@]12C. The summed E-state index contributed by atoms with van der Waals surface area (Å²) in [4.78, 5) is 12.2. The second kappa shape index (κ2) is 9.53. The summed E-state index contributed by atoms with van der Waals surface area (Å²) >= 11 is 0. The van der Waals surface area contributed by atoms with Gasteiger partial charge >= 0.3 is 0 Å². The van der Waals surface area contributed by atoms with Crippen LogP contribution >= 0.6 is 0 Å². The third kappa shape index (κ3) is 4.80. The molecule has 4 saturated carbocycles. The van der Waals surface area contributed by atoms with Crippen LogP contribution in [0.5, 0.6) is 0 Å². The van der Waals surface area contributed by atoms with Gasteiger partial charge in [0.2, 0.25) is 5.91 Å². The van der Waals surface area contributed by atoms with Crippen LogP contribution in [0.15, 0.2) is 0 Å². The highest BCUT2D eigenvalue weighted by molar-refractivity contribution is 7.85. The van der Waals surface area contributed by atoms with Crippen LogP contribution in [-0.2, 0) is 14.9 Å². The van der Waals surface area contributed by atoms with E-state index in [0.29, 0.717) is 18.8 Å². The van der Waals surface area contributed by atoms with Crippen molar-refractivity contribution in [3.8, 4) is 0 Å². The number of carbonyl (C=O) groups is 1. The van der Waals surface area contributed by atoms with Gasteiger partial charge in [-0.3, -0.25) is 4.79 Å². The van der Waals surface area contributed by atoms with Gasteiger partial charge in [0.05, 0.1) is 33.7 Å². The molecule has 4 aliphatic rings. The van der Waals surface area contributed by atoms with Crippen LogP contribution in [0.25, 0.3) is 0 Å². The molecular formula is C26H44NO7S-. The zero-order chi connectivity index (χ0) is 25.8. The van der Waals surface area contributed by atoms with Gasteiger partial charge in [-0.15, -0.1) is 0 Å². The van der Waals surface area contributed by atoms with Gasteiger partial charge in [-0.25, -0.2) is 8.42 Å². The van der Waals surface area contributed by atoms with Crippen molar-refractivity contribution >= 4 is 16.0 Å². The van der Waals surface area contributed by atoms with Crippen LogP contribution in [-0.4, -0.2) is 64.3 Å². The molecule has 9 heteroatoms. The lowest BCUT2D eigenvalue weighted by molar-refractivity contribution is -0.254. The average Bonchev–Trinajstić information content (AvgIpc) is 3.14. The van der Waals surface area contributed by atoms with Crippen molar-refractivity contribution in [3.05, 3.63) is 0 Å². The van der Waals surface area contributed by atoms with Crippen molar-refractivity contribution in [3.63, 3.8) is 0 Å². The van der Waals surface area contributed by atoms with E-state index in [4.69, 9.17) is 0 Å². The zero-order valence-corrected chi connectivity index (χ0v) is 22.2. The molecule has 0 aliphatic heterocycles. The zero-order valence-electron chi connectivity index (χ0n) is 21.4. The van der Waals surface area contributed by atoms with E-state index in [2.05, 4.69) is 26.1 Å². The summed E-state index contributed by atoms with van der Waals surface area (Å²) in [5, 5.41) is 36.7. The third-order valence-corrected chi connectivity index (χ3v) is 11.8. The molecule has 10 atom stereocenters. The summed E-state index contributed by atoms with van der Waals surface area (Å²) in [6, 6.07) is 0. The number of nitrogens with one attached hydrogen (secondary N) is 1. The smallest absolute Gasteiger partial charge is 0.220 e. The predicted molar refractivity (Wildman–Crippen MR) is 130 cm³/mol. The molecule has 35 heavy (non-hydrogen) atoms. The molecule has 4 fully saturated rings. The first kappa shape index (κ1) is 27.3. The van der Waals surface area contributed by atoms with Crippen molar-refractivity contribution < 1.29 is 33.1 Å². The summed E-state index contributed by atoms with van der Waals surface area (Å²) in [6.45, 7) is 6.35. The Bertz CT molecular complexity index is 911. The Morgan fingerprint density at radius 2 is 1.80 bits per heavy atom. The summed E-state index contributed by atoms with van der Waals surface area (Å²) in [5.41, 5.74) is -1.29. The molecule has 8 nitrogen and oxygen atoms in total. The first-order valence-electron chi connectivity index (χ1n) is 13.5. The number of aliphatic hydroxyl groups excluding tert-OH is 2. The Balaban J connectivity index is 1.44. The molecule has 5 unspecified atom stereocenters. The Labute approximate surface area is 210 Å². The van der Waals surface area contributed by atoms with E-state index in [1.165, 1.54) is 0 Å². The molecule has 0 bridgehead atoms. The topological polar surface area (TPSA) is 147 Å². The first-order valence-corrected chi connectivity index (χ1v) is 15.1. The monoisotopic (exact) mass is 514 g/mol. The molecule has 0 heterocycles. The van der Waals surface area contributed by atoms with Gasteiger partial charge in [-0.1, -0.05) is 20.8 Å². The summed E-state index contributed by atoms with van der Waals surface area (Å²) in [6.07, 6.45) is 6.52. The first-order chi connectivity index (χ1) is 16.2. The molecule has 0 aromatic carbocycles. The Morgan fingerprint density at radius 1 is 1.09 bits per heavy atom. The molecule has 0 saturated heterocycles. The fourth-order valence-corrected chi connectivity index (χ4v) is 9.53. The minimum atomic E-state index is -4.35. The molecule has 4 rings (SSSR count). The van der Waals surface area contributed by atoms with Crippen LogP contribution < -0.4 is 5.32 Å². The van der Waals surface area contributed by atoms with Crippen LogP contribution in [0.4, 0.5) is 0 Å². The van der Waals surface area contributed by atoms with E-state index in [1.54, 1.807) is 0 Å². The summed E-state index contributed by atoms with van der Waals surface area (Å²) in [5.74, 6) is -0.107. The lowest BCUT2D eigenvalue weighted by atomic mass is 9.42. The van der Waals surface area contributed by atoms with Crippen LogP contribution in [0.3, 0.4) is 0 Å². The molecule has 0 aromatic rings. The van der Waals surface area contributed by atoms with Gasteiger partial charge in [-0.05, 0) is 92.8 Å². The minimum absolute atomic E-state index is 0.0110. The fraction of sp³-hybridized carbons (Fsp3) is 0.962.